The lowest BCUT2D eigenvalue weighted by atomic mass is 9.65. The molecule has 0 spiro atoms. The lowest BCUT2D eigenvalue weighted by Crippen LogP contribution is -2.37. The number of aliphatic hydroxyl groups excluding tert-OH is 1. The van der Waals surface area contributed by atoms with Crippen LogP contribution in [0, 0.1) is 0 Å². The predicted molar refractivity (Wildman–Crippen MR) is 64.4 cm³/mol. The molecule has 16 heavy (non-hydrogen) atoms. The van der Waals surface area contributed by atoms with Crippen LogP contribution in [0.1, 0.15) is 24.8 Å². The normalized spacial score (nSPS) is 18.3. The Morgan fingerprint density at radius 3 is 2.81 bits per heavy atom. The molecule has 1 heterocycles. The molecule has 0 aliphatic heterocycles. The zero-order valence-corrected chi connectivity index (χ0v) is 9.19. The Bertz CT molecular complexity index is 511. The van der Waals surface area contributed by atoms with Crippen molar-refractivity contribution in [2.24, 2.45) is 0 Å². The lowest BCUT2D eigenvalue weighted by molar-refractivity contribution is 0.120. The summed E-state index contributed by atoms with van der Waals surface area (Å²) >= 11 is 0. The number of hydrogen-bond donors (Lipinski definition) is 1. The Hall–Kier alpha value is -1.41. The topological polar surface area (TPSA) is 33.1 Å². The van der Waals surface area contributed by atoms with Crippen molar-refractivity contribution in [2.75, 3.05) is 6.61 Å². The Kier molecular flexibility index (Phi) is 2.18. The standard InChI is InChI=1S/C14H15NO/c16-10-14(6-2-7-14)12-5-4-11-3-1-8-15-13(11)9-12/h1,3-5,8-9,16H,2,6-7,10H2. The predicted octanol–water partition coefficient (Wildman–Crippen LogP) is 2.65. The van der Waals surface area contributed by atoms with Crippen molar-refractivity contribution in [3.8, 4) is 0 Å². The molecular formula is C14H15NO. The molecule has 2 heteroatoms. The van der Waals surface area contributed by atoms with Gasteiger partial charge in [0, 0.05) is 17.0 Å². The van der Waals surface area contributed by atoms with Crippen LogP contribution in [0.25, 0.3) is 10.9 Å². The Morgan fingerprint density at radius 2 is 2.12 bits per heavy atom. The average molecular weight is 213 g/mol. The number of aromatic nitrogens is 1. The van der Waals surface area contributed by atoms with Crippen LogP contribution in [-0.2, 0) is 5.41 Å². The minimum absolute atomic E-state index is 0.0196. The summed E-state index contributed by atoms with van der Waals surface area (Å²) in [6, 6.07) is 10.4. The maximum atomic E-state index is 9.54. The van der Waals surface area contributed by atoms with E-state index in [-0.39, 0.29) is 12.0 Å². The van der Waals surface area contributed by atoms with Gasteiger partial charge in [0.2, 0.25) is 0 Å². The summed E-state index contributed by atoms with van der Waals surface area (Å²) in [6.07, 6.45) is 5.24. The van der Waals surface area contributed by atoms with E-state index in [9.17, 15) is 5.11 Å². The third-order valence-corrected chi connectivity index (χ3v) is 3.83. The molecule has 2 aromatic rings. The van der Waals surface area contributed by atoms with Crippen LogP contribution in [0.3, 0.4) is 0 Å². The van der Waals surface area contributed by atoms with E-state index in [0.29, 0.717) is 0 Å². The fourth-order valence-corrected chi connectivity index (χ4v) is 2.54. The van der Waals surface area contributed by atoms with Crippen molar-refractivity contribution in [1.29, 1.82) is 0 Å². The monoisotopic (exact) mass is 213 g/mol. The van der Waals surface area contributed by atoms with Crippen molar-refractivity contribution in [3.63, 3.8) is 0 Å². The molecule has 2 nitrogen and oxygen atoms in total. The van der Waals surface area contributed by atoms with Gasteiger partial charge in [0.05, 0.1) is 12.1 Å². The molecule has 0 unspecified atom stereocenters. The van der Waals surface area contributed by atoms with Crippen LogP contribution < -0.4 is 0 Å². The van der Waals surface area contributed by atoms with Gasteiger partial charge in [0.25, 0.3) is 0 Å². The van der Waals surface area contributed by atoms with E-state index in [2.05, 4.69) is 29.2 Å². The molecule has 1 fully saturated rings. The molecule has 1 aromatic carbocycles. The summed E-state index contributed by atoms with van der Waals surface area (Å²) < 4.78 is 0. The van der Waals surface area contributed by atoms with Crippen molar-refractivity contribution in [3.05, 3.63) is 42.1 Å². The van der Waals surface area contributed by atoms with Gasteiger partial charge in [0.1, 0.15) is 0 Å². The summed E-state index contributed by atoms with van der Waals surface area (Å²) in [5, 5.41) is 10.7. The second kappa shape index (κ2) is 3.56. The van der Waals surface area contributed by atoms with Crippen LogP contribution in [0.2, 0.25) is 0 Å². The fraction of sp³-hybridized carbons (Fsp3) is 0.357. The van der Waals surface area contributed by atoms with Crippen molar-refractivity contribution in [1.82, 2.24) is 4.98 Å². The number of pyridine rings is 1. The molecule has 0 amide bonds. The second-order valence-corrected chi connectivity index (χ2v) is 4.70. The van der Waals surface area contributed by atoms with Crippen molar-refractivity contribution in [2.45, 2.75) is 24.7 Å². The third-order valence-electron chi connectivity index (χ3n) is 3.83. The van der Waals surface area contributed by atoms with Gasteiger partial charge in [-0.15, -0.1) is 0 Å². The molecule has 1 saturated carbocycles. The van der Waals surface area contributed by atoms with Crippen LogP contribution >= 0.6 is 0 Å². The van der Waals surface area contributed by atoms with Gasteiger partial charge in [-0.2, -0.15) is 0 Å². The summed E-state index contributed by atoms with van der Waals surface area (Å²) in [7, 11) is 0. The summed E-state index contributed by atoms with van der Waals surface area (Å²) in [4.78, 5) is 4.37. The highest BCUT2D eigenvalue weighted by Crippen LogP contribution is 2.43. The molecule has 0 atom stereocenters. The maximum Gasteiger partial charge on any atom is 0.0704 e. The molecule has 1 aliphatic carbocycles. The highest BCUT2D eigenvalue weighted by atomic mass is 16.3. The molecule has 1 N–H and O–H groups in total. The Balaban J connectivity index is 2.11. The highest BCUT2D eigenvalue weighted by Gasteiger charge is 2.37. The minimum Gasteiger partial charge on any atom is -0.395 e. The van der Waals surface area contributed by atoms with E-state index in [1.54, 1.807) is 0 Å². The molecule has 0 bridgehead atoms. The van der Waals surface area contributed by atoms with Gasteiger partial charge in [-0.1, -0.05) is 24.6 Å². The van der Waals surface area contributed by atoms with Crippen LogP contribution in [0.5, 0.6) is 0 Å². The first kappa shape index (κ1) is 9.79. The number of rotatable bonds is 2. The SMILES string of the molecule is OCC1(c2ccc3cccnc3c2)CCC1. The van der Waals surface area contributed by atoms with Gasteiger partial charge in [0.15, 0.2) is 0 Å². The zero-order chi connectivity index (χ0) is 11.0. The van der Waals surface area contributed by atoms with Gasteiger partial charge < -0.3 is 5.11 Å². The van der Waals surface area contributed by atoms with E-state index in [1.165, 1.54) is 17.4 Å². The van der Waals surface area contributed by atoms with E-state index in [1.807, 2.05) is 12.3 Å². The number of nitrogens with zero attached hydrogens (tertiary/aromatic N) is 1. The number of hydrogen-bond acceptors (Lipinski definition) is 2. The molecule has 1 aromatic heterocycles. The molecule has 0 radical (unpaired) electrons. The van der Waals surface area contributed by atoms with Crippen LogP contribution in [0.4, 0.5) is 0 Å². The quantitative estimate of drug-likeness (QED) is 0.832. The van der Waals surface area contributed by atoms with E-state index in [0.717, 1.165) is 18.4 Å². The van der Waals surface area contributed by atoms with Crippen LogP contribution in [-0.4, -0.2) is 16.7 Å². The first-order valence-electron chi connectivity index (χ1n) is 5.80. The van der Waals surface area contributed by atoms with E-state index in [4.69, 9.17) is 0 Å². The van der Waals surface area contributed by atoms with Crippen molar-refractivity contribution >= 4 is 10.9 Å². The molecular weight excluding hydrogens is 198 g/mol. The Labute approximate surface area is 94.9 Å². The second-order valence-electron chi connectivity index (χ2n) is 4.70. The van der Waals surface area contributed by atoms with Gasteiger partial charge in [-0.25, -0.2) is 0 Å². The minimum atomic E-state index is 0.0196. The number of benzene rings is 1. The smallest absolute Gasteiger partial charge is 0.0704 e. The third kappa shape index (κ3) is 1.34. The summed E-state index contributed by atoms with van der Waals surface area (Å²) in [5.74, 6) is 0. The van der Waals surface area contributed by atoms with Gasteiger partial charge >= 0.3 is 0 Å². The summed E-state index contributed by atoms with van der Waals surface area (Å²) in [5.41, 5.74) is 2.29. The zero-order valence-electron chi connectivity index (χ0n) is 9.19. The Morgan fingerprint density at radius 1 is 1.25 bits per heavy atom. The number of aliphatic hydroxyl groups is 1. The fourth-order valence-electron chi connectivity index (χ4n) is 2.54. The molecule has 1 aliphatic rings. The first-order valence-corrected chi connectivity index (χ1v) is 5.80. The molecule has 0 saturated heterocycles. The van der Waals surface area contributed by atoms with E-state index >= 15 is 0 Å². The lowest BCUT2D eigenvalue weighted by Gasteiger charge is -2.40. The first-order chi connectivity index (χ1) is 7.84. The summed E-state index contributed by atoms with van der Waals surface area (Å²) in [6.45, 7) is 0.255. The van der Waals surface area contributed by atoms with E-state index < -0.39 is 0 Å². The van der Waals surface area contributed by atoms with Gasteiger partial charge in [-0.3, -0.25) is 4.98 Å². The highest BCUT2D eigenvalue weighted by molar-refractivity contribution is 5.79. The number of fused-ring (bicyclic) bond motifs is 1. The van der Waals surface area contributed by atoms with Gasteiger partial charge in [-0.05, 0) is 30.5 Å². The molecule has 82 valence electrons. The maximum absolute atomic E-state index is 9.54. The molecule has 3 rings (SSSR count). The van der Waals surface area contributed by atoms with Crippen LogP contribution in [0.15, 0.2) is 36.5 Å². The average Bonchev–Trinajstić information content (AvgIpc) is 2.28. The van der Waals surface area contributed by atoms with Crippen molar-refractivity contribution < 1.29 is 5.11 Å². The largest absolute Gasteiger partial charge is 0.395 e.